The van der Waals surface area contributed by atoms with Crippen molar-refractivity contribution in [2.75, 3.05) is 49.3 Å². The van der Waals surface area contributed by atoms with Crippen LogP contribution in [0, 0.1) is 90.0 Å². The van der Waals surface area contributed by atoms with Crippen LogP contribution in [0.1, 0.15) is 161 Å². The summed E-state index contributed by atoms with van der Waals surface area (Å²) in [7, 11) is 7.65. The number of methoxy groups -OCH3 is 6. The number of carbonyl (C=O) groups excluding carboxylic acids is 6. The van der Waals surface area contributed by atoms with Gasteiger partial charge in [0.05, 0.1) is 61.4 Å². The van der Waals surface area contributed by atoms with Crippen LogP contribution >= 0.6 is 12.6 Å². The highest BCUT2D eigenvalue weighted by Crippen LogP contribution is 2.45. The maximum Gasteiger partial charge on any atom is 0.513 e. The van der Waals surface area contributed by atoms with E-state index in [9.17, 15) is 33.9 Å². The quantitative estimate of drug-likeness (QED) is 0.0183. The zero-order valence-electron chi connectivity index (χ0n) is 82.9. The fourth-order valence-corrected chi connectivity index (χ4v) is 14.6. The first-order valence-corrected chi connectivity index (χ1v) is 45.7. The van der Waals surface area contributed by atoms with Crippen LogP contribution in [0.5, 0.6) is 74.7 Å². The van der Waals surface area contributed by atoms with Gasteiger partial charge in [-0.05, 0) is 262 Å². The average molecular weight is 1920 g/mol. The van der Waals surface area contributed by atoms with Crippen molar-refractivity contribution in [3.05, 3.63) is 346 Å². The number of aliphatic hydroxyl groups excluding tert-OH is 1. The van der Waals surface area contributed by atoms with Gasteiger partial charge in [-0.2, -0.15) is 12.6 Å². The lowest BCUT2D eigenvalue weighted by Gasteiger charge is -2.16. The standard InChI is InChI=1S/C20H22O4.C19H22O5.C19H22O4.C18H20O5.C18H20O4S.C18H20O4/c1-13-7-10-18(14(2)11-13)23-12-17-16(15-8-9-15)5-4-6-19(17)24-20(21)22-3;1-5-22-17-7-6-8-18(24-19(20)21-4)15(17)12-23-16-10-9-13(2)11-14(16)3;1-5-15-7-6-8-18(23-19(20)21-4)16(15)12-22-17-10-9-13(2)11-14(17)3;1-12-7-8-16(13(2)9-12)22-11-15-14(10-19)5-4-6-17(15)23-18(20)21-3;1-12-7-8-16(13(2)9-12)21-10-15-14(11-23)5-4-6-17(15)22-18(19)20-3;1-12-8-9-16(14(3)10-12)21-11-15-13(2)6-5-7-17(15)22-18(19)20-4/h4-7,10-11,15H,8-9,12H2,1-3H3;6-11H,5,12H2,1-4H3;6-11H,5,12H2,1-4H3;4-9,19H,10-11H2,1-3H3;4-9,23H,10-11H2,1-3H3;5-10H,11H2,1-4H3. The zero-order chi connectivity index (χ0) is 101. The summed E-state index contributed by atoms with van der Waals surface area (Å²) in [6.07, 6.45) is -1.38. The minimum Gasteiger partial charge on any atom is -0.493 e. The molecule has 27 heteroatoms. The summed E-state index contributed by atoms with van der Waals surface area (Å²) in [5.41, 5.74) is 23.0. The van der Waals surface area contributed by atoms with Crippen molar-refractivity contribution in [3.63, 3.8) is 0 Å². The summed E-state index contributed by atoms with van der Waals surface area (Å²) in [5.74, 6) is 9.00. The Morgan fingerprint density at radius 2 is 0.511 bits per heavy atom. The van der Waals surface area contributed by atoms with E-state index in [1.807, 2.05) is 217 Å². The number of hydrogen-bond acceptors (Lipinski definition) is 27. The average Bonchev–Trinajstić information content (AvgIpc) is 1.67. The van der Waals surface area contributed by atoms with Crippen LogP contribution in [0.25, 0.3) is 0 Å². The molecular weight excluding hydrogens is 1790 g/mol. The lowest BCUT2D eigenvalue weighted by molar-refractivity contribution is 0.119. The van der Waals surface area contributed by atoms with Crippen molar-refractivity contribution in [2.24, 2.45) is 0 Å². The summed E-state index contributed by atoms with van der Waals surface area (Å²) in [4.78, 5) is 68.4. The zero-order valence-corrected chi connectivity index (χ0v) is 83.8. The number of thiol groups is 1. The molecule has 0 amide bonds. The Balaban J connectivity index is 0.000000205. The van der Waals surface area contributed by atoms with Crippen molar-refractivity contribution in [1.82, 2.24) is 0 Å². The van der Waals surface area contributed by atoms with Crippen molar-refractivity contribution in [3.8, 4) is 74.7 Å². The molecule has 0 radical (unpaired) electrons. The van der Waals surface area contributed by atoms with E-state index < -0.39 is 36.9 Å². The van der Waals surface area contributed by atoms with E-state index in [4.69, 9.17) is 61.6 Å². The maximum absolute atomic E-state index is 11.5. The van der Waals surface area contributed by atoms with Crippen LogP contribution in [0.2, 0.25) is 0 Å². The SMILES string of the molecule is CCOc1cccc(OC(=O)OC)c1COc1ccc(C)cc1C.CCc1cccc(OC(=O)OC)c1COc1ccc(C)cc1C.COC(=O)Oc1cccc(C)c1COc1ccc(C)cc1C.COC(=O)Oc1cccc(C2CC2)c1COc1ccc(C)cc1C.COC(=O)Oc1cccc(CO)c1COc1ccc(C)cc1C.COC(=O)Oc1cccc(CS)c1COc1ccc(C)cc1C. The van der Waals surface area contributed by atoms with Crippen LogP contribution in [0.3, 0.4) is 0 Å². The molecule has 0 aromatic heterocycles. The second kappa shape index (κ2) is 56.0. The first-order valence-electron chi connectivity index (χ1n) is 45.0. The van der Waals surface area contributed by atoms with Gasteiger partial charge in [-0.15, -0.1) is 0 Å². The molecule has 13 rings (SSSR count). The molecule has 0 bridgehead atoms. The van der Waals surface area contributed by atoms with Gasteiger partial charge in [0, 0.05) is 33.6 Å². The van der Waals surface area contributed by atoms with Crippen LogP contribution < -0.4 is 61.6 Å². The summed E-state index contributed by atoms with van der Waals surface area (Å²) < 4.78 is 99.7. The third kappa shape index (κ3) is 34.4. The second-order valence-corrected chi connectivity index (χ2v) is 32.7. The number of benzene rings is 12. The van der Waals surface area contributed by atoms with Crippen molar-refractivity contribution in [1.29, 1.82) is 0 Å². The third-order valence-corrected chi connectivity index (χ3v) is 22.1. The van der Waals surface area contributed by atoms with Gasteiger partial charge in [-0.25, -0.2) is 28.8 Å². The Kier molecular flexibility index (Phi) is 44.1. The van der Waals surface area contributed by atoms with Gasteiger partial charge in [-0.3, -0.25) is 0 Å². The van der Waals surface area contributed by atoms with Gasteiger partial charge in [0.2, 0.25) is 0 Å². The number of aryl methyl sites for hydroxylation is 14. The summed E-state index contributed by atoms with van der Waals surface area (Å²) in [5, 5.41) is 9.50. The highest BCUT2D eigenvalue weighted by atomic mass is 32.1. The first kappa shape index (κ1) is 109. The van der Waals surface area contributed by atoms with Gasteiger partial charge in [0.1, 0.15) is 114 Å². The fraction of sp³-hybridized carbons (Fsp3) is 0.304. The summed E-state index contributed by atoms with van der Waals surface area (Å²) >= 11 is 4.33. The molecule has 0 spiro atoms. The van der Waals surface area contributed by atoms with Crippen LogP contribution in [-0.2, 0) is 86.8 Å². The predicted molar refractivity (Wildman–Crippen MR) is 534 cm³/mol. The van der Waals surface area contributed by atoms with Crippen LogP contribution in [-0.4, -0.2) is 91.3 Å². The molecule has 1 fully saturated rings. The van der Waals surface area contributed by atoms with Gasteiger partial charge in [0.15, 0.2) is 0 Å². The second-order valence-electron chi connectivity index (χ2n) is 32.3. The summed E-state index contributed by atoms with van der Waals surface area (Å²) in [6, 6.07) is 68.7. The molecule has 12 aromatic rings. The normalized spacial score (nSPS) is 10.8. The van der Waals surface area contributed by atoms with Crippen molar-refractivity contribution < 1.29 is 124 Å². The Morgan fingerprint density at radius 3 is 0.806 bits per heavy atom. The van der Waals surface area contributed by atoms with Crippen LogP contribution in [0.15, 0.2) is 218 Å². The molecule has 0 saturated heterocycles. The Morgan fingerprint density at radius 1 is 0.266 bits per heavy atom. The van der Waals surface area contributed by atoms with E-state index in [0.717, 1.165) is 132 Å². The van der Waals surface area contributed by atoms with E-state index in [1.165, 1.54) is 76.0 Å². The Bertz CT molecular complexity index is 5830. The summed E-state index contributed by atoms with van der Waals surface area (Å²) in [6.45, 7) is 32.1. The number of hydrogen-bond donors (Lipinski definition) is 2. The van der Waals surface area contributed by atoms with Gasteiger partial charge >= 0.3 is 36.9 Å². The molecule has 1 N–H and O–H groups in total. The Hall–Kier alpha value is -14.8. The van der Waals surface area contributed by atoms with Crippen molar-refractivity contribution >= 4 is 49.6 Å². The van der Waals surface area contributed by atoms with E-state index in [2.05, 4.69) is 91.3 Å². The minimum absolute atomic E-state index is 0.174. The topological polar surface area (TPSA) is 298 Å². The lowest BCUT2D eigenvalue weighted by atomic mass is 10.0. The highest BCUT2D eigenvalue weighted by molar-refractivity contribution is 7.79. The smallest absolute Gasteiger partial charge is 0.493 e. The molecule has 26 nitrogen and oxygen atoms in total. The fourth-order valence-electron chi connectivity index (χ4n) is 14.3. The highest BCUT2D eigenvalue weighted by Gasteiger charge is 2.29. The molecule has 0 atom stereocenters. The van der Waals surface area contributed by atoms with E-state index in [-0.39, 0.29) is 26.4 Å². The minimum atomic E-state index is -0.812. The molecule has 1 aliphatic rings. The number of rotatable bonds is 30. The lowest BCUT2D eigenvalue weighted by Crippen LogP contribution is -2.11. The van der Waals surface area contributed by atoms with Crippen molar-refractivity contribution in [2.45, 2.75) is 181 Å². The third-order valence-electron chi connectivity index (χ3n) is 21.7. The van der Waals surface area contributed by atoms with Gasteiger partial charge in [0.25, 0.3) is 0 Å². The van der Waals surface area contributed by atoms with Gasteiger partial charge < -0.3 is 95.1 Å². The largest absolute Gasteiger partial charge is 0.513 e. The number of ether oxygens (including phenoxy) is 19. The van der Waals surface area contributed by atoms with E-state index in [0.29, 0.717) is 95.0 Å². The molecule has 0 unspecified atom stereocenters. The van der Waals surface area contributed by atoms with E-state index >= 15 is 0 Å². The molecule has 1 aliphatic carbocycles. The number of carbonyl (C=O) groups is 6. The van der Waals surface area contributed by atoms with Gasteiger partial charge in [-0.1, -0.05) is 180 Å². The molecule has 0 heterocycles. The maximum atomic E-state index is 11.5. The molecule has 0 aliphatic heterocycles. The first-order chi connectivity index (χ1) is 66.8. The van der Waals surface area contributed by atoms with Crippen LogP contribution in [0.4, 0.5) is 28.8 Å². The Labute approximate surface area is 820 Å². The molecular formula is C112H126O26S. The molecule has 12 aromatic carbocycles. The molecule has 139 heavy (non-hydrogen) atoms. The number of aliphatic hydroxyl groups is 1. The van der Waals surface area contributed by atoms with E-state index in [1.54, 1.807) is 54.6 Å². The molecule has 1 saturated carbocycles. The monoisotopic (exact) mass is 1920 g/mol. The molecule has 736 valence electrons. The predicted octanol–water partition coefficient (Wildman–Crippen LogP) is 26.2.